The fraction of sp³-hybridized carbons (Fsp3) is 0.214. The summed E-state index contributed by atoms with van der Waals surface area (Å²) in [4.78, 5) is 14.8. The zero-order chi connectivity index (χ0) is 13.1. The van der Waals surface area contributed by atoms with Crippen LogP contribution in [0.3, 0.4) is 0 Å². The molecule has 0 unspecified atom stereocenters. The maximum Gasteiger partial charge on any atom is 0.192 e. The molecule has 1 aromatic carbocycles. The molecule has 0 saturated carbocycles. The normalized spacial score (nSPS) is 10.4. The number of aryl methyl sites for hydroxylation is 1. The van der Waals surface area contributed by atoms with Crippen molar-refractivity contribution in [1.29, 1.82) is 0 Å². The Kier molecular flexibility index (Phi) is 4.19. The van der Waals surface area contributed by atoms with Gasteiger partial charge in [0.15, 0.2) is 5.78 Å². The van der Waals surface area contributed by atoms with E-state index in [1.165, 1.54) is 16.9 Å². The number of thiophene rings is 1. The molecule has 0 aliphatic rings. The summed E-state index contributed by atoms with van der Waals surface area (Å²) in [5.41, 5.74) is 2.27. The van der Waals surface area contributed by atoms with E-state index in [0.29, 0.717) is 6.54 Å². The number of hydrogen-bond acceptors (Lipinski definition) is 3. The quantitative estimate of drug-likeness (QED) is 0.788. The van der Waals surface area contributed by atoms with E-state index in [2.05, 4.69) is 35.0 Å². The van der Waals surface area contributed by atoms with Crippen molar-refractivity contribution in [1.82, 2.24) is 0 Å². The Bertz CT molecular complexity index is 564. The molecule has 0 radical (unpaired) electrons. The van der Waals surface area contributed by atoms with E-state index >= 15 is 0 Å². The van der Waals surface area contributed by atoms with E-state index in [9.17, 15) is 4.79 Å². The van der Waals surface area contributed by atoms with Gasteiger partial charge in [0.1, 0.15) is 0 Å². The number of nitrogens with zero attached hydrogens (tertiary/aromatic N) is 1. The van der Waals surface area contributed by atoms with E-state index in [1.54, 1.807) is 0 Å². The third-order valence-corrected chi connectivity index (χ3v) is 4.34. The highest BCUT2D eigenvalue weighted by molar-refractivity contribution is 9.11. The number of halogens is 1. The van der Waals surface area contributed by atoms with Crippen molar-refractivity contribution >= 4 is 38.7 Å². The Morgan fingerprint density at radius 3 is 2.72 bits per heavy atom. The van der Waals surface area contributed by atoms with Gasteiger partial charge in [0.2, 0.25) is 0 Å². The summed E-state index contributed by atoms with van der Waals surface area (Å²) in [5, 5.41) is 0. The van der Waals surface area contributed by atoms with Crippen LogP contribution in [0.1, 0.15) is 15.2 Å². The molecule has 0 aliphatic heterocycles. The number of anilines is 1. The lowest BCUT2D eigenvalue weighted by molar-refractivity contribution is 0.100. The van der Waals surface area contributed by atoms with E-state index in [1.807, 2.05) is 36.2 Å². The first-order valence-corrected chi connectivity index (χ1v) is 7.23. The molecule has 0 fully saturated rings. The van der Waals surface area contributed by atoms with Crippen LogP contribution in [0.15, 0.2) is 40.2 Å². The minimum Gasteiger partial charge on any atom is -0.367 e. The zero-order valence-electron chi connectivity index (χ0n) is 10.3. The number of hydrogen-bond donors (Lipinski definition) is 0. The fourth-order valence-electron chi connectivity index (χ4n) is 1.71. The lowest BCUT2D eigenvalue weighted by Gasteiger charge is -2.18. The average Bonchev–Trinajstić information content (AvgIpc) is 2.76. The smallest absolute Gasteiger partial charge is 0.192 e. The summed E-state index contributed by atoms with van der Waals surface area (Å²) in [6, 6.07) is 11.9. The second kappa shape index (κ2) is 5.67. The molecule has 0 saturated heterocycles. The first-order valence-electron chi connectivity index (χ1n) is 5.62. The van der Waals surface area contributed by atoms with Gasteiger partial charge >= 0.3 is 0 Å². The van der Waals surface area contributed by atoms with Crippen LogP contribution >= 0.6 is 27.3 Å². The first-order chi connectivity index (χ1) is 8.56. The van der Waals surface area contributed by atoms with Crippen molar-refractivity contribution in [3.63, 3.8) is 0 Å². The molecule has 2 aromatic rings. The highest BCUT2D eigenvalue weighted by Crippen LogP contribution is 2.23. The summed E-state index contributed by atoms with van der Waals surface area (Å²) in [6.07, 6.45) is 0. The predicted molar refractivity (Wildman–Crippen MR) is 80.8 cm³/mol. The molecule has 2 rings (SSSR count). The van der Waals surface area contributed by atoms with Crippen LogP contribution < -0.4 is 4.90 Å². The van der Waals surface area contributed by atoms with Crippen molar-refractivity contribution in [2.24, 2.45) is 0 Å². The van der Waals surface area contributed by atoms with Crippen LogP contribution in [0.25, 0.3) is 0 Å². The third-order valence-electron chi connectivity index (χ3n) is 2.67. The lowest BCUT2D eigenvalue weighted by atomic mass is 10.2. The number of ketones is 1. The van der Waals surface area contributed by atoms with Crippen molar-refractivity contribution < 1.29 is 4.79 Å². The van der Waals surface area contributed by atoms with Gasteiger partial charge in [0.05, 0.1) is 15.2 Å². The van der Waals surface area contributed by atoms with Crippen LogP contribution in [0, 0.1) is 6.92 Å². The molecule has 18 heavy (non-hydrogen) atoms. The van der Waals surface area contributed by atoms with E-state index in [-0.39, 0.29) is 5.78 Å². The van der Waals surface area contributed by atoms with Crippen LogP contribution in [-0.2, 0) is 0 Å². The second-order valence-corrected chi connectivity index (χ2v) is 6.69. The Morgan fingerprint density at radius 1 is 1.33 bits per heavy atom. The van der Waals surface area contributed by atoms with Gasteiger partial charge in [-0.2, -0.15) is 0 Å². The highest BCUT2D eigenvalue weighted by Gasteiger charge is 2.12. The molecule has 0 spiro atoms. The van der Waals surface area contributed by atoms with Crippen molar-refractivity contribution in [3.05, 3.63) is 50.6 Å². The number of Topliss-reactive ketones (excluding diaryl/α,β-unsaturated/α-hetero) is 1. The van der Waals surface area contributed by atoms with E-state index in [0.717, 1.165) is 14.4 Å². The van der Waals surface area contributed by atoms with Crippen LogP contribution in [0.4, 0.5) is 5.69 Å². The molecule has 0 amide bonds. The highest BCUT2D eigenvalue weighted by atomic mass is 79.9. The number of rotatable bonds is 4. The molecule has 4 heteroatoms. The second-order valence-electron chi connectivity index (χ2n) is 4.22. The average molecular weight is 324 g/mol. The van der Waals surface area contributed by atoms with E-state index in [4.69, 9.17) is 0 Å². The molecule has 0 aliphatic carbocycles. The van der Waals surface area contributed by atoms with Crippen molar-refractivity contribution in [3.8, 4) is 0 Å². The number of benzene rings is 1. The number of carbonyl (C=O) groups excluding carboxylic acids is 1. The van der Waals surface area contributed by atoms with Crippen LogP contribution in [0.5, 0.6) is 0 Å². The van der Waals surface area contributed by atoms with Gasteiger partial charge < -0.3 is 4.90 Å². The summed E-state index contributed by atoms with van der Waals surface area (Å²) < 4.78 is 0.990. The van der Waals surface area contributed by atoms with Gasteiger partial charge in [-0.15, -0.1) is 11.3 Å². The summed E-state index contributed by atoms with van der Waals surface area (Å²) in [7, 11) is 1.94. The maximum atomic E-state index is 12.1. The standard InChI is InChI=1S/C14H14BrNOS/c1-10-4-3-5-11(8-10)16(2)9-12(17)13-6-7-14(15)18-13/h3-8H,9H2,1-2H3. The monoisotopic (exact) mass is 323 g/mol. The van der Waals surface area contributed by atoms with Crippen molar-refractivity contribution in [2.75, 3.05) is 18.5 Å². The summed E-state index contributed by atoms with van der Waals surface area (Å²) in [5.74, 6) is 0.148. The van der Waals surface area contributed by atoms with Gasteiger partial charge in [-0.25, -0.2) is 0 Å². The van der Waals surface area contributed by atoms with Crippen molar-refractivity contribution in [2.45, 2.75) is 6.92 Å². The molecule has 1 aromatic heterocycles. The maximum absolute atomic E-state index is 12.1. The van der Waals surface area contributed by atoms with Gasteiger partial charge in [-0.1, -0.05) is 12.1 Å². The zero-order valence-corrected chi connectivity index (χ0v) is 12.7. The first kappa shape index (κ1) is 13.3. The molecular weight excluding hydrogens is 310 g/mol. The largest absolute Gasteiger partial charge is 0.367 e. The van der Waals surface area contributed by atoms with Gasteiger partial charge in [0.25, 0.3) is 0 Å². The Balaban J connectivity index is 2.07. The minimum absolute atomic E-state index is 0.148. The summed E-state index contributed by atoms with van der Waals surface area (Å²) in [6.45, 7) is 2.45. The molecule has 0 atom stereocenters. The molecular formula is C14H14BrNOS. The third kappa shape index (κ3) is 3.21. The lowest BCUT2D eigenvalue weighted by Crippen LogP contribution is -2.25. The fourth-order valence-corrected chi connectivity index (χ4v) is 3.03. The minimum atomic E-state index is 0.148. The number of carbonyl (C=O) groups is 1. The Labute approximate surface area is 119 Å². The van der Waals surface area contributed by atoms with Gasteiger partial charge in [0, 0.05) is 12.7 Å². The molecule has 0 N–H and O–H groups in total. The number of likely N-dealkylation sites (N-methyl/N-ethyl adjacent to an activating group) is 1. The van der Waals surface area contributed by atoms with Crippen LogP contribution in [-0.4, -0.2) is 19.4 Å². The van der Waals surface area contributed by atoms with E-state index < -0.39 is 0 Å². The predicted octanol–water partition coefficient (Wildman–Crippen LogP) is 4.14. The molecule has 94 valence electrons. The van der Waals surface area contributed by atoms with Crippen LogP contribution in [0.2, 0.25) is 0 Å². The van der Waals surface area contributed by atoms with Gasteiger partial charge in [-0.3, -0.25) is 4.79 Å². The SMILES string of the molecule is Cc1cccc(N(C)CC(=O)c2ccc(Br)s2)c1. The topological polar surface area (TPSA) is 20.3 Å². The van der Waals surface area contributed by atoms with Gasteiger partial charge in [-0.05, 0) is 52.7 Å². The summed E-state index contributed by atoms with van der Waals surface area (Å²) >= 11 is 4.85. The Hall–Kier alpha value is -1.13. The molecule has 1 heterocycles. The molecule has 0 bridgehead atoms. The Morgan fingerprint density at radius 2 is 2.11 bits per heavy atom. The molecule has 2 nitrogen and oxygen atoms in total.